The Kier molecular flexibility index (Phi) is 10.1. The van der Waals surface area contributed by atoms with E-state index in [0.717, 1.165) is 53.7 Å². The topological polar surface area (TPSA) is 107 Å². The van der Waals surface area contributed by atoms with Crippen LogP contribution in [0, 0.1) is 12.7 Å². The molecule has 5 rings (SSSR count). The van der Waals surface area contributed by atoms with E-state index in [4.69, 9.17) is 14.2 Å². The van der Waals surface area contributed by atoms with Gasteiger partial charge in [0.15, 0.2) is 0 Å². The van der Waals surface area contributed by atoms with E-state index >= 15 is 0 Å². The molecular formula is C33H36FN5O4. The Labute approximate surface area is 250 Å². The van der Waals surface area contributed by atoms with Crippen molar-refractivity contribution >= 4 is 34.0 Å². The van der Waals surface area contributed by atoms with Gasteiger partial charge in [-0.2, -0.15) is 0 Å². The number of hydrogen-bond acceptors (Lipinski definition) is 8. The van der Waals surface area contributed by atoms with Crippen LogP contribution in [-0.4, -0.2) is 49.3 Å². The highest BCUT2D eigenvalue weighted by Gasteiger charge is 2.15. The molecule has 1 fully saturated rings. The lowest BCUT2D eigenvalue weighted by Gasteiger charge is -2.17. The van der Waals surface area contributed by atoms with Gasteiger partial charge < -0.3 is 30.2 Å². The van der Waals surface area contributed by atoms with Crippen LogP contribution in [0.15, 0.2) is 72.6 Å². The van der Waals surface area contributed by atoms with Crippen LogP contribution in [0.1, 0.15) is 30.4 Å². The number of halogens is 1. The molecule has 1 aliphatic heterocycles. The van der Waals surface area contributed by atoms with Crippen LogP contribution >= 0.6 is 0 Å². The van der Waals surface area contributed by atoms with E-state index in [1.807, 2.05) is 43.3 Å². The summed E-state index contributed by atoms with van der Waals surface area (Å²) in [4.78, 5) is 21.9. The number of nitrogens with zero attached hydrogens (tertiary/aromatic N) is 2. The second-order valence-electron chi connectivity index (χ2n) is 10.3. The number of rotatable bonds is 12. The Balaban J connectivity index is 1.37. The number of benzene rings is 3. The molecule has 3 aromatic carbocycles. The van der Waals surface area contributed by atoms with Crippen LogP contribution in [-0.2, 0) is 16.1 Å². The molecule has 1 aromatic heterocycles. The standard InChI is InChI=1S/C33H36FN5O4/c1-22-15-26(7-8-30(22)43-20-24-5-3-6-25(34)16-24)38-33-27-18-29(39-32(40)17-23-9-11-35-12-10-23)31(42-14-4-13-41-2)19-28(27)36-21-37-33/h3,5-8,15-19,21,35H,4,9-14,20H2,1-2H3,(H,39,40)(H,36,37,38). The monoisotopic (exact) mass is 585 g/mol. The van der Waals surface area contributed by atoms with Crippen LogP contribution in [0.5, 0.6) is 11.5 Å². The molecule has 43 heavy (non-hydrogen) atoms. The van der Waals surface area contributed by atoms with Gasteiger partial charge in [-0.3, -0.25) is 4.79 Å². The molecule has 9 nitrogen and oxygen atoms in total. The zero-order valence-corrected chi connectivity index (χ0v) is 24.4. The summed E-state index contributed by atoms with van der Waals surface area (Å²) in [7, 11) is 1.65. The third-order valence-corrected chi connectivity index (χ3v) is 7.05. The molecule has 0 bridgehead atoms. The molecule has 0 unspecified atom stereocenters. The van der Waals surface area contributed by atoms with Crippen molar-refractivity contribution in [3.63, 3.8) is 0 Å². The number of nitrogens with one attached hydrogen (secondary N) is 3. The maximum atomic E-state index is 13.5. The number of carbonyl (C=O) groups is 1. The van der Waals surface area contributed by atoms with Gasteiger partial charge in [0.1, 0.15) is 36.1 Å². The summed E-state index contributed by atoms with van der Waals surface area (Å²) in [5, 5.41) is 10.4. The van der Waals surface area contributed by atoms with Crippen molar-refractivity contribution in [2.24, 2.45) is 0 Å². The lowest BCUT2D eigenvalue weighted by molar-refractivity contribution is -0.112. The fourth-order valence-electron chi connectivity index (χ4n) is 4.85. The third kappa shape index (κ3) is 8.27. The number of aromatic nitrogens is 2. The van der Waals surface area contributed by atoms with Gasteiger partial charge in [0.2, 0.25) is 5.91 Å². The van der Waals surface area contributed by atoms with Gasteiger partial charge in [-0.1, -0.05) is 17.7 Å². The van der Waals surface area contributed by atoms with E-state index in [9.17, 15) is 9.18 Å². The number of aryl methyl sites for hydroxylation is 1. The van der Waals surface area contributed by atoms with Crippen molar-refractivity contribution in [2.45, 2.75) is 32.8 Å². The fraction of sp³-hybridized carbons (Fsp3) is 0.303. The highest BCUT2D eigenvalue weighted by molar-refractivity contribution is 6.04. The van der Waals surface area contributed by atoms with E-state index in [0.29, 0.717) is 48.2 Å². The first kappa shape index (κ1) is 29.9. The van der Waals surface area contributed by atoms with Crippen molar-refractivity contribution in [3.05, 3.63) is 89.5 Å². The minimum Gasteiger partial charge on any atom is -0.491 e. The summed E-state index contributed by atoms with van der Waals surface area (Å²) in [6, 6.07) is 15.7. The molecule has 1 amide bonds. The lowest BCUT2D eigenvalue weighted by atomic mass is 10.1. The number of amides is 1. The first-order valence-electron chi connectivity index (χ1n) is 14.3. The number of hydrogen-bond donors (Lipinski definition) is 3. The largest absolute Gasteiger partial charge is 0.491 e. The average Bonchev–Trinajstić information content (AvgIpc) is 3.00. The van der Waals surface area contributed by atoms with Gasteiger partial charge >= 0.3 is 0 Å². The van der Waals surface area contributed by atoms with Crippen LogP contribution in [0.3, 0.4) is 0 Å². The summed E-state index contributed by atoms with van der Waals surface area (Å²) in [5.41, 5.74) is 4.79. The van der Waals surface area contributed by atoms with E-state index in [-0.39, 0.29) is 18.3 Å². The molecule has 0 atom stereocenters. The molecular weight excluding hydrogens is 549 g/mol. The van der Waals surface area contributed by atoms with Crippen LogP contribution in [0.25, 0.3) is 10.9 Å². The first-order valence-corrected chi connectivity index (χ1v) is 14.3. The Morgan fingerprint density at radius 1 is 1.02 bits per heavy atom. The summed E-state index contributed by atoms with van der Waals surface area (Å²) in [6.07, 6.45) is 5.57. The Hall–Kier alpha value is -4.54. The van der Waals surface area contributed by atoms with Crippen molar-refractivity contribution in [3.8, 4) is 11.5 Å². The van der Waals surface area contributed by atoms with Gasteiger partial charge in [-0.15, -0.1) is 0 Å². The van der Waals surface area contributed by atoms with Crippen LogP contribution < -0.4 is 25.4 Å². The summed E-state index contributed by atoms with van der Waals surface area (Å²) in [6.45, 7) is 4.95. The molecule has 3 N–H and O–H groups in total. The molecule has 4 aromatic rings. The molecule has 1 aliphatic rings. The predicted molar refractivity (Wildman–Crippen MR) is 166 cm³/mol. The molecule has 2 heterocycles. The van der Waals surface area contributed by atoms with Gasteiger partial charge in [0.05, 0.1) is 17.8 Å². The fourth-order valence-corrected chi connectivity index (χ4v) is 4.85. The zero-order chi connectivity index (χ0) is 30.0. The summed E-state index contributed by atoms with van der Waals surface area (Å²) in [5.74, 6) is 1.32. The predicted octanol–water partition coefficient (Wildman–Crippen LogP) is 6.06. The minimum absolute atomic E-state index is 0.200. The van der Waals surface area contributed by atoms with Crippen LogP contribution in [0.4, 0.5) is 21.6 Å². The molecule has 1 saturated heterocycles. The first-order chi connectivity index (χ1) is 21.0. The SMILES string of the molecule is COCCCOc1cc2ncnc(Nc3ccc(OCc4cccc(F)c4)c(C)c3)c2cc1NC(=O)C=C1CCNCC1. The van der Waals surface area contributed by atoms with Gasteiger partial charge in [-0.05, 0) is 80.4 Å². The number of fused-ring (bicyclic) bond motifs is 1. The molecule has 0 radical (unpaired) electrons. The molecule has 0 saturated carbocycles. The van der Waals surface area contributed by atoms with E-state index in [1.54, 1.807) is 19.3 Å². The van der Waals surface area contributed by atoms with E-state index in [2.05, 4.69) is 25.9 Å². The molecule has 224 valence electrons. The van der Waals surface area contributed by atoms with Gasteiger partial charge in [-0.25, -0.2) is 14.4 Å². The Morgan fingerprint density at radius 3 is 2.67 bits per heavy atom. The van der Waals surface area contributed by atoms with Gasteiger partial charge in [0, 0.05) is 43.4 Å². The zero-order valence-electron chi connectivity index (χ0n) is 24.4. The maximum Gasteiger partial charge on any atom is 0.248 e. The normalized spacial score (nSPS) is 13.0. The second-order valence-corrected chi connectivity index (χ2v) is 10.3. The molecule has 0 spiro atoms. The maximum absolute atomic E-state index is 13.5. The van der Waals surface area contributed by atoms with Crippen molar-refractivity contribution in [1.29, 1.82) is 0 Å². The minimum atomic E-state index is -0.291. The number of anilines is 3. The highest BCUT2D eigenvalue weighted by Crippen LogP contribution is 2.34. The quantitative estimate of drug-likeness (QED) is 0.136. The van der Waals surface area contributed by atoms with Crippen molar-refractivity contribution in [2.75, 3.05) is 44.0 Å². The summed E-state index contributed by atoms with van der Waals surface area (Å²) >= 11 is 0. The number of carbonyl (C=O) groups excluding carboxylic acids is 1. The van der Waals surface area contributed by atoms with E-state index < -0.39 is 0 Å². The lowest BCUT2D eigenvalue weighted by Crippen LogP contribution is -2.24. The molecule has 0 aliphatic carbocycles. The Morgan fingerprint density at radius 2 is 1.88 bits per heavy atom. The number of piperidine rings is 1. The highest BCUT2D eigenvalue weighted by atomic mass is 19.1. The summed E-state index contributed by atoms with van der Waals surface area (Å²) < 4.78 is 30.6. The number of ether oxygens (including phenoxy) is 3. The smallest absolute Gasteiger partial charge is 0.248 e. The van der Waals surface area contributed by atoms with Crippen molar-refractivity contribution < 1.29 is 23.4 Å². The van der Waals surface area contributed by atoms with Gasteiger partial charge in [0.25, 0.3) is 0 Å². The molecule has 10 heteroatoms. The van der Waals surface area contributed by atoms with Crippen molar-refractivity contribution in [1.82, 2.24) is 15.3 Å². The second kappa shape index (κ2) is 14.6. The Bertz CT molecular complexity index is 1600. The third-order valence-electron chi connectivity index (χ3n) is 7.05. The number of methoxy groups -OCH3 is 1. The van der Waals surface area contributed by atoms with Crippen LogP contribution in [0.2, 0.25) is 0 Å². The van der Waals surface area contributed by atoms with E-state index in [1.165, 1.54) is 18.5 Å². The average molecular weight is 586 g/mol.